The molecule has 0 fully saturated rings. The SMILES string of the molecule is Cn1cc(F)c2ccccc2c1=O. The molecule has 66 valence electrons. The predicted octanol–water partition coefficient (Wildman–Crippen LogP) is 1.68. The van der Waals surface area contributed by atoms with Gasteiger partial charge in [0.15, 0.2) is 0 Å². The zero-order chi connectivity index (χ0) is 9.42. The quantitative estimate of drug-likeness (QED) is 0.600. The van der Waals surface area contributed by atoms with Gasteiger partial charge in [0, 0.05) is 18.6 Å². The van der Waals surface area contributed by atoms with Crippen molar-refractivity contribution in [3.8, 4) is 0 Å². The van der Waals surface area contributed by atoms with E-state index < -0.39 is 0 Å². The van der Waals surface area contributed by atoms with E-state index in [2.05, 4.69) is 0 Å². The molecule has 0 atom stereocenters. The molecule has 2 rings (SSSR count). The molecule has 0 aliphatic rings. The molecule has 13 heavy (non-hydrogen) atoms. The molecule has 0 aliphatic heterocycles. The van der Waals surface area contributed by atoms with E-state index in [1.807, 2.05) is 0 Å². The first-order valence-electron chi connectivity index (χ1n) is 3.94. The van der Waals surface area contributed by atoms with Crippen LogP contribution in [0.5, 0.6) is 0 Å². The fraction of sp³-hybridized carbons (Fsp3) is 0.100. The first-order chi connectivity index (χ1) is 6.20. The molecule has 0 bridgehead atoms. The van der Waals surface area contributed by atoms with Crippen LogP contribution in [-0.2, 0) is 7.05 Å². The highest BCUT2D eigenvalue weighted by Crippen LogP contribution is 2.12. The third kappa shape index (κ3) is 1.13. The van der Waals surface area contributed by atoms with E-state index in [9.17, 15) is 9.18 Å². The van der Waals surface area contributed by atoms with E-state index in [0.29, 0.717) is 10.8 Å². The van der Waals surface area contributed by atoms with E-state index in [4.69, 9.17) is 0 Å². The van der Waals surface area contributed by atoms with Crippen molar-refractivity contribution in [1.82, 2.24) is 4.57 Å². The summed E-state index contributed by atoms with van der Waals surface area (Å²) in [7, 11) is 1.54. The summed E-state index contributed by atoms with van der Waals surface area (Å²) in [6, 6.07) is 6.67. The zero-order valence-electron chi connectivity index (χ0n) is 7.12. The molecule has 0 aliphatic carbocycles. The molecule has 0 radical (unpaired) electrons. The smallest absolute Gasteiger partial charge is 0.258 e. The van der Waals surface area contributed by atoms with E-state index >= 15 is 0 Å². The normalized spacial score (nSPS) is 10.6. The average Bonchev–Trinajstić information content (AvgIpc) is 2.15. The van der Waals surface area contributed by atoms with Crippen molar-refractivity contribution in [1.29, 1.82) is 0 Å². The number of pyridine rings is 1. The van der Waals surface area contributed by atoms with Crippen LogP contribution in [0, 0.1) is 5.82 Å². The molecule has 0 saturated heterocycles. The molecule has 0 spiro atoms. The first-order valence-corrected chi connectivity index (χ1v) is 3.94. The minimum Gasteiger partial charge on any atom is -0.315 e. The number of halogens is 1. The van der Waals surface area contributed by atoms with Crippen molar-refractivity contribution in [2.24, 2.45) is 7.05 Å². The topological polar surface area (TPSA) is 22.0 Å². The van der Waals surface area contributed by atoms with Gasteiger partial charge in [-0.15, -0.1) is 0 Å². The summed E-state index contributed by atoms with van der Waals surface area (Å²) in [5, 5.41) is 0.801. The van der Waals surface area contributed by atoms with Gasteiger partial charge < -0.3 is 4.57 Å². The van der Waals surface area contributed by atoms with Crippen LogP contribution in [0.15, 0.2) is 35.3 Å². The van der Waals surface area contributed by atoms with Crippen molar-refractivity contribution in [2.75, 3.05) is 0 Å². The third-order valence-electron chi connectivity index (χ3n) is 2.04. The van der Waals surface area contributed by atoms with Crippen LogP contribution in [0.3, 0.4) is 0 Å². The Morgan fingerprint density at radius 2 is 1.85 bits per heavy atom. The number of fused-ring (bicyclic) bond motifs is 1. The summed E-state index contributed by atoms with van der Waals surface area (Å²) in [6.45, 7) is 0. The Balaban J connectivity index is 3.06. The van der Waals surface area contributed by atoms with Gasteiger partial charge in [-0.3, -0.25) is 4.79 Å². The number of aryl methyl sites for hydroxylation is 1. The van der Waals surface area contributed by atoms with Gasteiger partial charge in [0.1, 0.15) is 5.82 Å². The number of rotatable bonds is 0. The average molecular weight is 177 g/mol. The minimum atomic E-state index is -0.363. The Morgan fingerprint density at radius 1 is 1.23 bits per heavy atom. The lowest BCUT2D eigenvalue weighted by atomic mass is 10.2. The largest absolute Gasteiger partial charge is 0.315 e. The maximum Gasteiger partial charge on any atom is 0.258 e. The molecule has 2 nitrogen and oxygen atoms in total. The van der Waals surface area contributed by atoms with Crippen LogP contribution in [-0.4, -0.2) is 4.57 Å². The molecule has 0 saturated carbocycles. The molecule has 0 amide bonds. The van der Waals surface area contributed by atoms with E-state index in [-0.39, 0.29) is 11.4 Å². The fourth-order valence-electron chi connectivity index (χ4n) is 1.37. The lowest BCUT2D eigenvalue weighted by Crippen LogP contribution is -2.16. The summed E-state index contributed by atoms with van der Waals surface area (Å²) in [4.78, 5) is 11.5. The van der Waals surface area contributed by atoms with Gasteiger partial charge in [0.05, 0.1) is 5.39 Å². The second kappa shape index (κ2) is 2.69. The number of benzene rings is 1. The van der Waals surface area contributed by atoms with E-state index in [1.165, 1.54) is 17.8 Å². The highest BCUT2D eigenvalue weighted by Gasteiger charge is 2.04. The third-order valence-corrected chi connectivity index (χ3v) is 2.04. The maximum absolute atomic E-state index is 13.3. The van der Waals surface area contributed by atoms with Gasteiger partial charge in [-0.05, 0) is 6.07 Å². The van der Waals surface area contributed by atoms with Crippen LogP contribution in [0.25, 0.3) is 10.8 Å². The summed E-state index contributed by atoms with van der Waals surface area (Å²) in [5.74, 6) is -0.363. The van der Waals surface area contributed by atoms with Crippen molar-refractivity contribution < 1.29 is 4.39 Å². The number of hydrogen-bond acceptors (Lipinski definition) is 1. The number of hydrogen-bond donors (Lipinski definition) is 0. The van der Waals surface area contributed by atoms with Crippen molar-refractivity contribution in [3.63, 3.8) is 0 Å². The molecule has 3 heteroatoms. The van der Waals surface area contributed by atoms with Crippen LogP contribution in [0.2, 0.25) is 0 Å². The minimum absolute atomic E-state index is 0.169. The number of nitrogens with zero attached hydrogens (tertiary/aromatic N) is 1. The second-order valence-corrected chi connectivity index (χ2v) is 2.94. The Bertz CT molecular complexity index is 516. The first kappa shape index (κ1) is 7.98. The Labute approximate surface area is 74.2 Å². The molecule has 0 N–H and O–H groups in total. The highest BCUT2D eigenvalue weighted by atomic mass is 19.1. The summed E-state index contributed by atoms with van der Waals surface area (Å²) in [6.07, 6.45) is 1.20. The molecule has 1 aromatic carbocycles. The second-order valence-electron chi connectivity index (χ2n) is 2.94. The van der Waals surface area contributed by atoms with Gasteiger partial charge in [-0.2, -0.15) is 0 Å². The predicted molar refractivity (Wildman–Crippen MR) is 49.1 cm³/mol. The van der Waals surface area contributed by atoms with E-state index in [1.54, 1.807) is 24.3 Å². The van der Waals surface area contributed by atoms with E-state index in [0.717, 1.165) is 0 Å². The Morgan fingerprint density at radius 3 is 2.54 bits per heavy atom. The van der Waals surface area contributed by atoms with Gasteiger partial charge in [-0.25, -0.2) is 4.39 Å². The van der Waals surface area contributed by atoms with Crippen LogP contribution >= 0.6 is 0 Å². The monoisotopic (exact) mass is 177 g/mol. The van der Waals surface area contributed by atoms with Crippen LogP contribution in [0.4, 0.5) is 4.39 Å². The van der Waals surface area contributed by atoms with Crippen LogP contribution < -0.4 is 5.56 Å². The standard InChI is InChI=1S/C10H8FNO/c1-12-6-9(11)7-4-2-3-5-8(7)10(12)13/h2-6H,1H3. The molecule has 1 heterocycles. The molecular formula is C10H8FNO. The van der Waals surface area contributed by atoms with Crippen molar-refractivity contribution >= 4 is 10.8 Å². The molecule has 0 unspecified atom stereocenters. The summed E-state index contributed by atoms with van der Waals surface area (Å²) < 4.78 is 14.5. The molecule has 2 aromatic rings. The molecular weight excluding hydrogens is 169 g/mol. The van der Waals surface area contributed by atoms with Gasteiger partial charge in [-0.1, -0.05) is 18.2 Å². The van der Waals surface area contributed by atoms with Crippen LogP contribution in [0.1, 0.15) is 0 Å². The lowest BCUT2D eigenvalue weighted by Gasteiger charge is -2.01. The number of aromatic nitrogens is 1. The summed E-state index contributed by atoms with van der Waals surface area (Å²) >= 11 is 0. The summed E-state index contributed by atoms with van der Waals surface area (Å²) in [5.41, 5.74) is -0.169. The van der Waals surface area contributed by atoms with Gasteiger partial charge in [0.2, 0.25) is 0 Å². The lowest BCUT2D eigenvalue weighted by molar-refractivity contribution is 0.619. The zero-order valence-corrected chi connectivity index (χ0v) is 7.12. The fourth-order valence-corrected chi connectivity index (χ4v) is 1.37. The Kier molecular flexibility index (Phi) is 1.65. The van der Waals surface area contributed by atoms with Crippen molar-refractivity contribution in [2.45, 2.75) is 0 Å². The molecule has 1 aromatic heterocycles. The van der Waals surface area contributed by atoms with Crippen molar-refractivity contribution in [3.05, 3.63) is 46.6 Å². The highest BCUT2D eigenvalue weighted by molar-refractivity contribution is 5.81. The van der Waals surface area contributed by atoms with Gasteiger partial charge >= 0.3 is 0 Å². The maximum atomic E-state index is 13.3. The Hall–Kier alpha value is -1.64. The van der Waals surface area contributed by atoms with Gasteiger partial charge in [0.25, 0.3) is 5.56 Å².